The number of halogens is 1. The Labute approximate surface area is 96.9 Å². The molecule has 4 heteroatoms. The van der Waals surface area contributed by atoms with E-state index in [0.717, 1.165) is 15.7 Å². The van der Waals surface area contributed by atoms with Gasteiger partial charge in [-0.2, -0.15) is 5.10 Å². The molecule has 3 nitrogen and oxygen atoms in total. The largest absolute Gasteiger partial charge is 0.273 e. The summed E-state index contributed by atoms with van der Waals surface area (Å²) in [6.07, 6.45) is 0.449. The van der Waals surface area contributed by atoms with Gasteiger partial charge >= 0.3 is 0 Å². The van der Waals surface area contributed by atoms with Crippen molar-refractivity contribution in [3.05, 3.63) is 34.3 Å². The van der Waals surface area contributed by atoms with E-state index in [-0.39, 0.29) is 5.91 Å². The molecule has 0 N–H and O–H groups in total. The zero-order valence-corrected chi connectivity index (χ0v) is 9.99. The van der Waals surface area contributed by atoms with Crippen LogP contribution in [0.4, 0.5) is 0 Å². The fourth-order valence-corrected chi connectivity index (χ4v) is 1.93. The third-order valence-electron chi connectivity index (χ3n) is 2.26. The van der Waals surface area contributed by atoms with Gasteiger partial charge in [0.25, 0.3) is 0 Å². The maximum atomic E-state index is 11.5. The van der Waals surface area contributed by atoms with Gasteiger partial charge in [-0.15, -0.1) is 0 Å². The average Bonchev–Trinajstić information content (AvgIpc) is 2.49. The summed E-state index contributed by atoms with van der Waals surface area (Å²) in [4.78, 5) is 11.5. The smallest absolute Gasteiger partial charge is 0.248 e. The Balaban J connectivity index is 2.16. The third kappa shape index (κ3) is 2.26. The first-order chi connectivity index (χ1) is 7.16. The second-order valence-electron chi connectivity index (χ2n) is 3.55. The van der Waals surface area contributed by atoms with Crippen LogP contribution in [0, 0.1) is 0 Å². The van der Waals surface area contributed by atoms with Crippen LogP contribution in [0.15, 0.2) is 33.8 Å². The molecule has 0 fully saturated rings. The molecule has 1 aromatic rings. The minimum Gasteiger partial charge on any atom is -0.273 e. The summed E-state index contributed by atoms with van der Waals surface area (Å²) < 4.78 is 1.01. The molecule has 1 amide bonds. The Morgan fingerprint density at radius 3 is 2.80 bits per heavy atom. The quantitative estimate of drug-likeness (QED) is 0.810. The molecule has 0 radical (unpaired) electrons. The number of hydrogen-bond donors (Lipinski definition) is 0. The first kappa shape index (κ1) is 10.4. The van der Waals surface area contributed by atoms with E-state index in [1.165, 1.54) is 5.01 Å². The Kier molecular flexibility index (Phi) is 2.86. The van der Waals surface area contributed by atoms with Gasteiger partial charge in [-0.25, -0.2) is 5.01 Å². The topological polar surface area (TPSA) is 32.7 Å². The number of carbonyl (C=O) groups is 1. The van der Waals surface area contributed by atoms with Crippen molar-refractivity contribution in [3.63, 3.8) is 0 Å². The van der Waals surface area contributed by atoms with Crippen molar-refractivity contribution in [1.82, 2.24) is 5.01 Å². The molecule has 0 saturated carbocycles. The zero-order valence-electron chi connectivity index (χ0n) is 8.40. The highest BCUT2D eigenvalue weighted by Crippen LogP contribution is 2.20. The molecule has 2 rings (SSSR count). The van der Waals surface area contributed by atoms with Crippen LogP contribution in [0.5, 0.6) is 0 Å². The fourth-order valence-electron chi connectivity index (χ4n) is 1.52. The summed E-state index contributed by atoms with van der Waals surface area (Å²) in [7, 11) is 0. The number of amides is 1. The van der Waals surface area contributed by atoms with Gasteiger partial charge in [0.1, 0.15) is 0 Å². The van der Waals surface area contributed by atoms with Crippen LogP contribution in [-0.4, -0.2) is 16.6 Å². The van der Waals surface area contributed by atoms with Crippen molar-refractivity contribution >= 4 is 27.5 Å². The summed E-state index contributed by atoms with van der Waals surface area (Å²) in [5.74, 6) is 0.0725. The summed E-state index contributed by atoms with van der Waals surface area (Å²) in [5, 5.41) is 5.71. The Morgan fingerprint density at radius 2 is 2.20 bits per heavy atom. The number of carbonyl (C=O) groups excluding carboxylic acids is 1. The monoisotopic (exact) mass is 266 g/mol. The van der Waals surface area contributed by atoms with Crippen LogP contribution >= 0.6 is 15.9 Å². The van der Waals surface area contributed by atoms with E-state index in [0.29, 0.717) is 13.0 Å². The number of nitrogens with zero attached hydrogens (tertiary/aromatic N) is 2. The molecule has 0 aromatic heterocycles. The highest BCUT2D eigenvalue weighted by atomic mass is 79.9. The van der Waals surface area contributed by atoms with Gasteiger partial charge in [-0.1, -0.05) is 34.1 Å². The van der Waals surface area contributed by atoms with Gasteiger partial charge in [0.2, 0.25) is 5.91 Å². The highest BCUT2D eigenvalue weighted by molar-refractivity contribution is 9.10. The lowest BCUT2D eigenvalue weighted by atomic mass is 10.2. The van der Waals surface area contributed by atoms with Gasteiger partial charge in [0, 0.05) is 10.2 Å². The van der Waals surface area contributed by atoms with E-state index in [1.54, 1.807) is 0 Å². The number of hydrogen-bond acceptors (Lipinski definition) is 2. The van der Waals surface area contributed by atoms with Crippen molar-refractivity contribution in [1.29, 1.82) is 0 Å². The molecule has 78 valence electrons. The van der Waals surface area contributed by atoms with Gasteiger partial charge in [0.15, 0.2) is 0 Å². The summed E-state index contributed by atoms with van der Waals surface area (Å²) in [6.45, 7) is 2.41. The molecule has 0 bridgehead atoms. The number of rotatable bonds is 2. The molecular formula is C11H11BrN2O. The van der Waals surface area contributed by atoms with E-state index in [9.17, 15) is 4.79 Å². The Morgan fingerprint density at radius 1 is 1.47 bits per heavy atom. The molecule has 1 aliphatic rings. The van der Waals surface area contributed by atoms with Crippen LogP contribution in [-0.2, 0) is 11.3 Å². The predicted octanol–water partition coefficient (Wildman–Crippen LogP) is 2.56. The standard InChI is InChI=1S/C11H11BrN2O/c1-8-6-11(15)14(13-8)7-9-4-2-3-5-10(9)12/h2-5H,6-7H2,1H3. The molecule has 0 spiro atoms. The molecule has 15 heavy (non-hydrogen) atoms. The second-order valence-corrected chi connectivity index (χ2v) is 4.41. The highest BCUT2D eigenvalue weighted by Gasteiger charge is 2.21. The van der Waals surface area contributed by atoms with E-state index in [2.05, 4.69) is 21.0 Å². The summed E-state index contributed by atoms with van der Waals surface area (Å²) >= 11 is 3.45. The predicted molar refractivity (Wildman–Crippen MR) is 62.4 cm³/mol. The molecule has 0 saturated heterocycles. The lowest BCUT2D eigenvalue weighted by molar-refractivity contribution is -0.129. The van der Waals surface area contributed by atoms with Gasteiger partial charge < -0.3 is 0 Å². The molecule has 1 aliphatic heterocycles. The molecule has 1 heterocycles. The summed E-state index contributed by atoms with van der Waals surface area (Å²) in [6, 6.07) is 7.86. The molecule has 0 atom stereocenters. The lowest BCUT2D eigenvalue weighted by Gasteiger charge is -2.12. The van der Waals surface area contributed by atoms with Crippen LogP contribution in [0.2, 0.25) is 0 Å². The third-order valence-corrected chi connectivity index (χ3v) is 3.04. The van der Waals surface area contributed by atoms with Crippen molar-refractivity contribution < 1.29 is 4.79 Å². The first-order valence-electron chi connectivity index (χ1n) is 4.74. The van der Waals surface area contributed by atoms with Crippen molar-refractivity contribution in [3.8, 4) is 0 Å². The van der Waals surface area contributed by atoms with Crippen LogP contribution in [0.1, 0.15) is 18.9 Å². The van der Waals surface area contributed by atoms with E-state index in [4.69, 9.17) is 0 Å². The minimum atomic E-state index is 0.0725. The van der Waals surface area contributed by atoms with Gasteiger partial charge in [-0.05, 0) is 18.6 Å². The Bertz CT molecular complexity index is 428. The van der Waals surface area contributed by atoms with Gasteiger partial charge in [-0.3, -0.25) is 4.79 Å². The minimum absolute atomic E-state index is 0.0725. The van der Waals surface area contributed by atoms with Crippen molar-refractivity contribution in [2.24, 2.45) is 5.10 Å². The van der Waals surface area contributed by atoms with Crippen molar-refractivity contribution in [2.45, 2.75) is 19.9 Å². The van der Waals surface area contributed by atoms with Crippen LogP contribution in [0.25, 0.3) is 0 Å². The Hall–Kier alpha value is -1.16. The average molecular weight is 267 g/mol. The SMILES string of the molecule is CC1=NN(Cc2ccccc2Br)C(=O)C1. The normalized spacial score (nSPS) is 15.7. The molecule has 0 unspecified atom stereocenters. The lowest BCUT2D eigenvalue weighted by Crippen LogP contribution is -2.20. The van der Waals surface area contributed by atoms with E-state index in [1.807, 2.05) is 31.2 Å². The van der Waals surface area contributed by atoms with Crippen LogP contribution in [0.3, 0.4) is 0 Å². The van der Waals surface area contributed by atoms with E-state index >= 15 is 0 Å². The molecule has 0 aliphatic carbocycles. The zero-order chi connectivity index (χ0) is 10.8. The summed E-state index contributed by atoms with van der Waals surface area (Å²) in [5.41, 5.74) is 1.95. The van der Waals surface area contributed by atoms with Crippen LogP contribution < -0.4 is 0 Å². The molecule has 1 aromatic carbocycles. The maximum absolute atomic E-state index is 11.5. The fraction of sp³-hybridized carbons (Fsp3) is 0.273. The molecular weight excluding hydrogens is 256 g/mol. The number of benzene rings is 1. The maximum Gasteiger partial charge on any atom is 0.248 e. The van der Waals surface area contributed by atoms with Gasteiger partial charge in [0.05, 0.1) is 13.0 Å². The van der Waals surface area contributed by atoms with E-state index < -0.39 is 0 Å². The van der Waals surface area contributed by atoms with Crippen molar-refractivity contribution in [2.75, 3.05) is 0 Å². The number of hydrazone groups is 1. The first-order valence-corrected chi connectivity index (χ1v) is 5.54. The second kappa shape index (κ2) is 4.14.